The van der Waals surface area contributed by atoms with Gasteiger partial charge in [-0.25, -0.2) is 0 Å². The smallest absolute Gasteiger partial charge is 0.0789 e. The quantitative estimate of drug-likeness (QED) is 0.863. The molecule has 0 amide bonds. The Labute approximate surface area is 105 Å². The van der Waals surface area contributed by atoms with Crippen molar-refractivity contribution in [3.8, 4) is 0 Å². The lowest BCUT2D eigenvalue weighted by molar-refractivity contribution is 0.129. The van der Waals surface area contributed by atoms with Crippen LogP contribution in [0.15, 0.2) is 22.7 Å². The number of rotatable bonds is 5. The summed E-state index contributed by atoms with van der Waals surface area (Å²) in [7, 11) is 1.99. The van der Waals surface area contributed by atoms with E-state index in [9.17, 15) is 5.11 Å². The third-order valence-electron chi connectivity index (χ3n) is 2.55. The SMILES string of the molecule is Cc1ccc(Br)cc1CN(C)CC(O)CN. The van der Waals surface area contributed by atoms with Crippen LogP contribution >= 0.6 is 15.9 Å². The Bertz CT molecular complexity index is 344. The highest BCUT2D eigenvalue weighted by Gasteiger charge is 2.08. The zero-order valence-electron chi connectivity index (χ0n) is 9.78. The molecule has 0 spiro atoms. The largest absolute Gasteiger partial charge is 0.390 e. The van der Waals surface area contributed by atoms with Crippen LogP contribution in [-0.4, -0.2) is 36.2 Å². The van der Waals surface area contributed by atoms with Crippen LogP contribution in [0.1, 0.15) is 11.1 Å². The van der Waals surface area contributed by atoms with E-state index in [2.05, 4.69) is 39.9 Å². The second-order valence-corrected chi connectivity index (χ2v) is 5.07. The van der Waals surface area contributed by atoms with Gasteiger partial charge < -0.3 is 10.8 Å². The van der Waals surface area contributed by atoms with Gasteiger partial charge in [-0.2, -0.15) is 0 Å². The van der Waals surface area contributed by atoms with Gasteiger partial charge >= 0.3 is 0 Å². The molecular formula is C12H19BrN2O. The standard InChI is InChI=1S/C12H19BrN2O/c1-9-3-4-11(13)5-10(9)7-15(2)8-12(16)6-14/h3-5,12,16H,6-8,14H2,1-2H3. The molecule has 0 aliphatic rings. The Balaban J connectivity index is 2.61. The minimum absolute atomic E-state index is 0.307. The maximum Gasteiger partial charge on any atom is 0.0789 e. The minimum Gasteiger partial charge on any atom is -0.390 e. The van der Waals surface area contributed by atoms with Crippen LogP contribution in [-0.2, 0) is 6.54 Å². The van der Waals surface area contributed by atoms with Gasteiger partial charge in [-0.1, -0.05) is 22.0 Å². The normalized spacial score (nSPS) is 13.1. The summed E-state index contributed by atoms with van der Waals surface area (Å²) in [4.78, 5) is 2.08. The monoisotopic (exact) mass is 286 g/mol. The van der Waals surface area contributed by atoms with E-state index in [1.807, 2.05) is 13.1 Å². The fourth-order valence-corrected chi connectivity index (χ4v) is 2.01. The van der Waals surface area contributed by atoms with E-state index in [1.165, 1.54) is 11.1 Å². The van der Waals surface area contributed by atoms with Crippen LogP contribution in [0.3, 0.4) is 0 Å². The number of hydrogen-bond acceptors (Lipinski definition) is 3. The predicted molar refractivity (Wildman–Crippen MR) is 70.3 cm³/mol. The summed E-state index contributed by atoms with van der Waals surface area (Å²) >= 11 is 3.46. The van der Waals surface area contributed by atoms with Crippen molar-refractivity contribution in [1.82, 2.24) is 4.90 Å². The first-order chi connectivity index (χ1) is 7.52. The van der Waals surface area contributed by atoms with Crippen LogP contribution in [0, 0.1) is 6.92 Å². The lowest BCUT2D eigenvalue weighted by atomic mass is 10.1. The highest BCUT2D eigenvalue weighted by atomic mass is 79.9. The van der Waals surface area contributed by atoms with Crippen molar-refractivity contribution in [2.24, 2.45) is 5.73 Å². The summed E-state index contributed by atoms with van der Waals surface area (Å²) in [6.45, 7) is 3.82. The van der Waals surface area contributed by atoms with E-state index < -0.39 is 6.10 Å². The van der Waals surface area contributed by atoms with Crippen molar-refractivity contribution in [3.63, 3.8) is 0 Å². The van der Waals surface area contributed by atoms with Crippen molar-refractivity contribution in [1.29, 1.82) is 0 Å². The molecule has 1 rings (SSSR count). The Morgan fingerprint density at radius 2 is 2.19 bits per heavy atom. The summed E-state index contributed by atoms with van der Waals surface area (Å²) in [6.07, 6.45) is -0.447. The molecule has 1 unspecified atom stereocenters. The summed E-state index contributed by atoms with van der Waals surface area (Å²) in [5, 5.41) is 9.45. The van der Waals surface area contributed by atoms with Gasteiger partial charge in [0.25, 0.3) is 0 Å². The maximum atomic E-state index is 9.45. The number of aliphatic hydroxyl groups excluding tert-OH is 1. The Morgan fingerprint density at radius 3 is 2.81 bits per heavy atom. The topological polar surface area (TPSA) is 49.5 Å². The van der Waals surface area contributed by atoms with E-state index in [0.717, 1.165) is 11.0 Å². The minimum atomic E-state index is -0.447. The molecule has 0 bridgehead atoms. The van der Waals surface area contributed by atoms with E-state index >= 15 is 0 Å². The van der Waals surface area contributed by atoms with E-state index in [1.54, 1.807) is 0 Å². The van der Waals surface area contributed by atoms with Crippen molar-refractivity contribution in [2.45, 2.75) is 19.6 Å². The number of nitrogens with zero attached hydrogens (tertiary/aromatic N) is 1. The number of nitrogens with two attached hydrogens (primary N) is 1. The molecule has 3 N–H and O–H groups in total. The van der Waals surface area contributed by atoms with Crippen LogP contribution in [0.2, 0.25) is 0 Å². The molecule has 3 nitrogen and oxygen atoms in total. The maximum absolute atomic E-state index is 9.45. The first-order valence-corrected chi connectivity index (χ1v) is 6.14. The zero-order valence-corrected chi connectivity index (χ0v) is 11.4. The Kier molecular flexibility index (Phi) is 5.41. The van der Waals surface area contributed by atoms with Crippen LogP contribution in [0.5, 0.6) is 0 Å². The van der Waals surface area contributed by atoms with Crippen molar-refractivity contribution in [2.75, 3.05) is 20.1 Å². The summed E-state index contributed by atoms with van der Waals surface area (Å²) in [6, 6.07) is 6.24. The van der Waals surface area contributed by atoms with Crippen LogP contribution in [0.4, 0.5) is 0 Å². The molecule has 0 aromatic heterocycles. The van der Waals surface area contributed by atoms with Crippen LogP contribution < -0.4 is 5.73 Å². The third kappa shape index (κ3) is 4.22. The molecule has 0 heterocycles. The molecule has 0 fully saturated rings. The highest BCUT2D eigenvalue weighted by Crippen LogP contribution is 2.17. The number of aliphatic hydroxyl groups is 1. The average Bonchev–Trinajstić information content (AvgIpc) is 2.23. The first-order valence-electron chi connectivity index (χ1n) is 5.34. The second kappa shape index (κ2) is 6.35. The molecule has 0 saturated heterocycles. The second-order valence-electron chi connectivity index (χ2n) is 4.16. The molecular weight excluding hydrogens is 268 g/mol. The Hall–Kier alpha value is -0.420. The van der Waals surface area contributed by atoms with Gasteiger partial charge in [-0.3, -0.25) is 4.90 Å². The lowest BCUT2D eigenvalue weighted by Crippen LogP contribution is -2.33. The lowest BCUT2D eigenvalue weighted by Gasteiger charge is -2.20. The molecule has 4 heteroatoms. The molecule has 1 aromatic carbocycles. The van der Waals surface area contributed by atoms with Gasteiger partial charge in [0, 0.05) is 24.1 Å². The average molecular weight is 287 g/mol. The fraction of sp³-hybridized carbons (Fsp3) is 0.500. The number of aryl methyl sites for hydroxylation is 1. The van der Waals surface area contributed by atoms with Gasteiger partial charge in [0.05, 0.1) is 6.10 Å². The predicted octanol–water partition coefficient (Wildman–Crippen LogP) is 1.51. The van der Waals surface area contributed by atoms with Crippen LogP contribution in [0.25, 0.3) is 0 Å². The number of hydrogen-bond donors (Lipinski definition) is 2. The highest BCUT2D eigenvalue weighted by molar-refractivity contribution is 9.10. The summed E-state index contributed by atoms with van der Waals surface area (Å²) < 4.78 is 1.08. The van der Waals surface area contributed by atoms with Crippen molar-refractivity contribution in [3.05, 3.63) is 33.8 Å². The molecule has 1 atom stereocenters. The molecule has 0 saturated carbocycles. The molecule has 0 radical (unpaired) electrons. The number of halogens is 1. The molecule has 0 aliphatic heterocycles. The molecule has 0 aliphatic carbocycles. The number of likely N-dealkylation sites (N-methyl/N-ethyl adjacent to an activating group) is 1. The first kappa shape index (κ1) is 13.6. The zero-order chi connectivity index (χ0) is 12.1. The van der Waals surface area contributed by atoms with E-state index in [4.69, 9.17) is 5.73 Å². The molecule has 90 valence electrons. The number of benzene rings is 1. The van der Waals surface area contributed by atoms with Crippen molar-refractivity contribution >= 4 is 15.9 Å². The fourth-order valence-electron chi connectivity index (χ4n) is 1.60. The van der Waals surface area contributed by atoms with Gasteiger partial charge in [0.15, 0.2) is 0 Å². The molecule has 16 heavy (non-hydrogen) atoms. The van der Waals surface area contributed by atoms with Gasteiger partial charge in [0.1, 0.15) is 0 Å². The Morgan fingerprint density at radius 1 is 1.50 bits per heavy atom. The van der Waals surface area contributed by atoms with Gasteiger partial charge in [-0.05, 0) is 37.2 Å². The summed E-state index contributed by atoms with van der Waals surface area (Å²) in [5.74, 6) is 0. The third-order valence-corrected chi connectivity index (χ3v) is 3.04. The van der Waals surface area contributed by atoms with Gasteiger partial charge in [-0.15, -0.1) is 0 Å². The van der Waals surface area contributed by atoms with E-state index in [0.29, 0.717) is 13.1 Å². The van der Waals surface area contributed by atoms with Crippen molar-refractivity contribution < 1.29 is 5.11 Å². The summed E-state index contributed by atoms with van der Waals surface area (Å²) in [5.41, 5.74) is 7.91. The molecule has 1 aromatic rings. The van der Waals surface area contributed by atoms with E-state index in [-0.39, 0.29) is 0 Å². The van der Waals surface area contributed by atoms with Gasteiger partial charge in [0.2, 0.25) is 0 Å².